The van der Waals surface area contributed by atoms with Crippen LogP contribution >= 0.6 is 0 Å². The maximum atomic E-state index is 13.7. The first kappa shape index (κ1) is 18.7. The molecule has 2 aromatic carbocycles. The van der Waals surface area contributed by atoms with Crippen LogP contribution in [0.4, 0.5) is 14.5 Å². The second kappa shape index (κ2) is 7.28. The first-order valence-electron chi connectivity index (χ1n) is 7.82. The van der Waals surface area contributed by atoms with Gasteiger partial charge < -0.3 is 4.74 Å². The first-order valence-corrected chi connectivity index (χ1v) is 9.30. The Hall–Kier alpha value is -3.07. The Morgan fingerprint density at radius 1 is 0.963 bits per heavy atom. The number of halogens is 2. The molecular weight excluding hydrogens is 376 g/mol. The molecule has 0 saturated carbocycles. The zero-order valence-electron chi connectivity index (χ0n) is 14.4. The van der Waals surface area contributed by atoms with Crippen LogP contribution in [-0.4, -0.2) is 18.4 Å². The van der Waals surface area contributed by atoms with Crippen LogP contribution in [-0.2, 0) is 10.0 Å². The van der Waals surface area contributed by atoms with Gasteiger partial charge in [0.1, 0.15) is 5.82 Å². The van der Waals surface area contributed by atoms with Gasteiger partial charge in [-0.25, -0.2) is 17.2 Å². The highest BCUT2D eigenvalue weighted by atomic mass is 32.2. The fourth-order valence-corrected chi connectivity index (χ4v) is 3.54. The molecule has 0 saturated heterocycles. The molecule has 0 spiro atoms. The molecule has 0 aliphatic heterocycles. The number of aromatic nitrogens is 2. The minimum atomic E-state index is -4.03. The monoisotopic (exact) mass is 391 g/mol. The van der Waals surface area contributed by atoms with Crippen LogP contribution in [0.1, 0.15) is 11.4 Å². The Morgan fingerprint density at radius 2 is 1.63 bits per heavy atom. The standard InChI is InChI=1S/C18H15F2N3O3S/c1-11-17(23-27(24,25)14-7-5-6-13(19)10-14)12(2)22-18(21-11)26-16-9-4-3-8-15(16)20/h3-10,23H,1-2H3. The van der Waals surface area contributed by atoms with Gasteiger partial charge in [-0.3, -0.25) is 4.72 Å². The van der Waals surface area contributed by atoms with E-state index in [9.17, 15) is 17.2 Å². The number of rotatable bonds is 5. The number of nitrogens with one attached hydrogen (secondary N) is 1. The summed E-state index contributed by atoms with van der Waals surface area (Å²) < 4.78 is 59.6. The van der Waals surface area contributed by atoms with E-state index in [2.05, 4.69) is 14.7 Å². The summed E-state index contributed by atoms with van der Waals surface area (Å²) in [6, 6.07) is 10.3. The summed E-state index contributed by atoms with van der Waals surface area (Å²) >= 11 is 0. The number of para-hydroxylation sites is 1. The van der Waals surface area contributed by atoms with Crippen LogP contribution in [0.15, 0.2) is 53.4 Å². The van der Waals surface area contributed by atoms with Gasteiger partial charge in [-0.1, -0.05) is 18.2 Å². The average molecular weight is 391 g/mol. The van der Waals surface area contributed by atoms with Crippen LogP contribution in [0.5, 0.6) is 11.8 Å². The summed E-state index contributed by atoms with van der Waals surface area (Å²) in [5, 5.41) is 0. The summed E-state index contributed by atoms with van der Waals surface area (Å²) in [6.07, 6.45) is 0. The summed E-state index contributed by atoms with van der Waals surface area (Å²) in [7, 11) is -4.03. The highest BCUT2D eigenvalue weighted by Gasteiger charge is 2.19. The van der Waals surface area contributed by atoms with Gasteiger partial charge in [0.2, 0.25) is 0 Å². The molecule has 9 heteroatoms. The number of aryl methyl sites for hydroxylation is 2. The molecule has 0 amide bonds. The molecule has 0 bridgehead atoms. The zero-order chi connectivity index (χ0) is 19.6. The van der Waals surface area contributed by atoms with E-state index in [1.807, 2.05) is 0 Å². The minimum Gasteiger partial charge on any atom is -0.421 e. The molecule has 0 fully saturated rings. The molecule has 3 rings (SSSR count). The number of sulfonamides is 1. The predicted octanol–water partition coefficient (Wildman–Crippen LogP) is 3.96. The average Bonchev–Trinajstić information content (AvgIpc) is 2.60. The fraction of sp³-hybridized carbons (Fsp3) is 0.111. The van der Waals surface area contributed by atoms with Gasteiger partial charge >= 0.3 is 6.01 Å². The molecule has 1 heterocycles. The third kappa shape index (κ3) is 4.20. The Kier molecular flexibility index (Phi) is 5.04. The summed E-state index contributed by atoms with van der Waals surface area (Å²) in [5.41, 5.74) is 0.683. The van der Waals surface area contributed by atoms with E-state index in [4.69, 9.17) is 4.74 Å². The van der Waals surface area contributed by atoms with E-state index in [-0.39, 0.29) is 33.7 Å². The van der Waals surface area contributed by atoms with Crippen LogP contribution in [0.3, 0.4) is 0 Å². The van der Waals surface area contributed by atoms with E-state index in [0.29, 0.717) is 0 Å². The largest absolute Gasteiger partial charge is 0.421 e. The van der Waals surface area contributed by atoms with Crippen LogP contribution in [0, 0.1) is 25.5 Å². The lowest BCUT2D eigenvalue weighted by Gasteiger charge is -2.14. The Bertz CT molecular complexity index is 1080. The van der Waals surface area contributed by atoms with E-state index in [1.54, 1.807) is 19.9 Å². The van der Waals surface area contributed by atoms with Gasteiger partial charge in [0.25, 0.3) is 10.0 Å². The van der Waals surface area contributed by atoms with E-state index < -0.39 is 21.7 Å². The lowest BCUT2D eigenvalue weighted by Crippen LogP contribution is -2.16. The van der Waals surface area contributed by atoms with Gasteiger partial charge in [0, 0.05) is 0 Å². The second-order valence-corrected chi connectivity index (χ2v) is 7.33. The van der Waals surface area contributed by atoms with Crippen molar-refractivity contribution in [1.29, 1.82) is 0 Å². The highest BCUT2D eigenvalue weighted by molar-refractivity contribution is 7.92. The maximum absolute atomic E-state index is 13.7. The van der Waals surface area contributed by atoms with Gasteiger partial charge in [0.05, 0.1) is 22.0 Å². The molecule has 1 N–H and O–H groups in total. The van der Waals surface area contributed by atoms with Gasteiger partial charge in [-0.15, -0.1) is 0 Å². The molecule has 1 aromatic heterocycles. The van der Waals surface area contributed by atoms with Crippen molar-refractivity contribution in [1.82, 2.24) is 9.97 Å². The van der Waals surface area contributed by atoms with Crippen LogP contribution < -0.4 is 9.46 Å². The molecule has 0 atom stereocenters. The lowest BCUT2D eigenvalue weighted by atomic mass is 10.3. The molecular formula is C18H15F2N3O3S. The van der Waals surface area contributed by atoms with Crippen molar-refractivity contribution in [2.75, 3.05) is 4.72 Å². The Balaban J connectivity index is 1.90. The van der Waals surface area contributed by atoms with Crippen molar-refractivity contribution < 1.29 is 21.9 Å². The number of ether oxygens (including phenoxy) is 1. The van der Waals surface area contributed by atoms with Crippen LogP contribution in [0.2, 0.25) is 0 Å². The normalized spacial score (nSPS) is 11.3. The molecule has 6 nitrogen and oxygen atoms in total. The molecule has 27 heavy (non-hydrogen) atoms. The predicted molar refractivity (Wildman–Crippen MR) is 95.2 cm³/mol. The number of anilines is 1. The SMILES string of the molecule is Cc1nc(Oc2ccccc2F)nc(C)c1NS(=O)(=O)c1cccc(F)c1. The topological polar surface area (TPSA) is 81.2 Å². The number of hydrogen-bond donors (Lipinski definition) is 1. The van der Waals surface area contributed by atoms with Gasteiger partial charge in [-0.2, -0.15) is 9.97 Å². The van der Waals surface area contributed by atoms with E-state index in [1.165, 1.54) is 30.3 Å². The number of hydrogen-bond acceptors (Lipinski definition) is 5. The molecule has 0 aliphatic rings. The van der Waals surface area contributed by atoms with Crippen molar-refractivity contribution in [2.24, 2.45) is 0 Å². The maximum Gasteiger partial charge on any atom is 0.322 e. The van der Waals surface area contributed by atoms with E-state index in [0.717, 1.165) is 12.1 Å². The third-order valence-corrected chi connectivity index (χ3v) is 4.98. The Morgan fingerprint density at radius 3 is 2.26 bits per heavy atom. The first-order chi connectivity index (χ1) is 12.8. The summed E-state index contributed by atoms with van der Waals surface area (Å²) in [5.74, 6) is -1.30. The molecule has 0 aliphatic carbocycles. The lowest BCUT2D eigenvalue weighted by molar-refractivity contribution is 0.409. The third-order valence-electron chi connectivity index (χ3n) is 3.63. The summed E-state index contributed by atoms with van der Waals surface area (Å²) in [4.78, 5) is 7.90. The number of benzene rings is 2. The molecule has 0 unspecified atom stereocenters. The van der Waals surface area contributed by atoms with Crippen LogP contribution in [0.25, 0.3) is 0 Å². The summed E-state index contributed by atoms with van der Waals surface area (Å²) in [6.45, 7) is 3.10. The molecule has 140 valence electrons. The molecule has 0 radical (unpaired) electrons. The quantitative estimate of drug-likeness (QED) is 0.712. The van der Waals surface area contributed by atoms with Crippen molar-refractivity contribution in [3.05, 3.63) is 71.6 Å². The highest BCUT2D eigenvalue weighted by Crippen LogP contribution is 2.26. The number of nitrogens with zero attached hydrogens (tertiary/aromatic N) is 2. The Labute approximate surface area is 154 Å². The second-order valence-electron chi connectivity index (χ2n) is 5.65. The zero-order valence-corrected chi connectivity index (χ0v) is 15.2. The smallest absolute Gasteiger partial charge is 0.322 e. The van der Waals surface area contributed by atoms with E-state index >= 15 is 0 Å². The van der Waals surface area contributed by atoms with Crippen molar-refractivity contribution in [3.63, 3.8) is 0 Å². The van der Waals surface area contributed by atoms with Crippen molar-refractivity contribution in [3.8, 4) is 11.8 Å². The van der Waals surface area contributed by atoms with Gasteiger partial charge in [0.15, 0.2) is 11.6 Å². The van der Waals surface area contributed by atoms with Gasteiger partial charge in [-0.05, 0) is 44.2 Å². The van der Waals surface area contributed by atoms with Crippen molar-refractivity contribution >= 4 is 15.7 Å². The van der Waals surface area contributed by atoms with Crippen molar-refractivity contribution in [2.45, 2.75) is 18.7 Å². The fourth-order valence-electron chi connectivity index (χ4n) is 2.33. The molecule has 3 aromatic rings. The minimum absolute atomic E-state index is 0.0515.